The lowest BCUT2D eigenvalue weighted by Gasteiger charge is -2.32. The molecule has 0 aromatic heterocycles. The summed E-state index contributed by atoms with van der Waals surface area (Å²) in [5, 5.41) is 9.12. The van der Waals surface area contributed by atoms with Gasteiger partial charge in [0.2, 0.25) is 5.91 Å². The number of carboxylic acid groups (broad SMARTS) is 1. The molecule has 2 rings (SSSR count). The lowest BCUT2D eigenvalue weighted by molar-refractivity contribution is -0.141. The predicted molar refractivity (Wildman–Crippen MR) is 84.4 cm³/mol. The van der Waals surface area contributed by atoms with Crippen molar-refractivity contribution in [2.75, 3.05) is 26.2 Å². The highest BCUT2D eigenvalue weighted by Gasteiger charge is 2.36. The second-order valence-electron chi connectivity index (χ2n) is 5.64. The predicted octanol–water partition coefficient (Wildman–Crippen LogP) is 2.00. The van der Waals surface area contributed by atoms with Crippen LogP contribution in [-0.4, -0.2) is 53.0 Å². The van der Waals surface area contributed by atoms with Gasteiger partial charge in [0.1, 0.15) is 6.04 Å². The number of aliphatic carboxylic acids is 1. The number of likely N-dealkylation sites (N-methyl/N-ethyl adjacent to an activating group) is 1. The van der Waals surface area contributed by atoms with Crippen LogP contribution in [-0.2, 0) is 9.59 Å². The largest absolute Gasteiger partial charge is 0.481 e. The van der Waals surface area contributed by atoms with Crippen molar-refractivity contribution in [1.29, 1.82) is 0 Å². The minimum Gasteiger partial charge on any atom is -0.481 e. The third kappa shape index (κ3) is 3.47. The van der Waals surface area contributed by atoms with Crippen molar-refractivity contribution >= 4 is 11.9 Å². The van der Waals surface area contributed by atoms with Crippen molar-refractivity contribution in [3.8, 4) is 0 Å². The van der Waals surface area contributed by atoms with Crippen molar-refractivity contribution in [2.45, 2.75) is 26.3 Å². The van der Waals surface area contributed by atoms with Gasteiger partial charge in [-0.25, -0.2) is 0 Å². The first-order chi connectivity index (χ1) is 10.6. The molecule has 1 heterocycles. The molecule has 1 aliphatic heterocycles. The Morgan fingerprint density at radius 2 is 1.91 bits per heavy atom. The number of carbonyl (C=O) groups is 2. The standard InChI is InChI=1S/C17H24N2O3/c1-3-18(4-2)15(13-8-6-5-7-9-13)16(20)19-11-10-14(12-19)17(21)22/h5-9,14-15H,3-4,10-12H2,1-2H3,(H,21,22)/t14-,15-/m1/s1. The summed E-state index contributed by atoms with van der Waals surface area (Å²) in [7, 11) is 0. The minimum absolute atomic E-state index is 0.0126. The molecule has 0 radical (unpaired) electrons. The SMILES string of the molecule is CCN(CC)[C@@H](C(=O)N1CC[C@@H](C(=O)O)C1)c1ccccc1. The summed E-state index contributed by atoms with van der Waals surface area (Å²) in [6.45, 7) is 6.47. The third-order valence-electron chi connectivity index (χ3n) is 4.38. The van der Waals surface area contributed by atoms with E-state index in [1.807, 2.05) is 44.2 Å². The molecule has 0 aliphatic carbocycles. The summed E-state index contributed by atoms with van der Waals surface area (Å²) in [6, 6.07) is 9.40. The second-order valence-corrected chi connectivity index (χ2v) is 5.64. The molecule has 2 atom stereocenters. The first-order valence-electron chi connectivity index (χ1n) is 7.89. The van der Waals surface area contributed by atoms with Crippen LogP contribution in [0.25, 0.3) is 0 Å². The van der Waals surface area contributed by atoms with Crippen LogP contribution in [0.15, 0.2) is 30.3 Å². The Morgan fingerprint density at radius 1 is 1.27 bits per heavy atom. The second kappa shape index (κ2) is 7.40. The van der Waals surface area contributed by atoms with Gasteiger partial charge in [-0.15, -0.1) is 0 Å². The van der Waals surface area contributed by atoms with Crippen molar-refractivity contribution in [1.82, 2.24) is 9.80 Å². The monoisotopic (exact) mass is 304 g/mol. The third-order valence-corrected chi connectivity index (χ3v) is 4.38. The molecular weight excluding hydrogens is 280 g/mol. The van der Waals surface area contributed by atoms with Crippen LogP contribution in [0, 0.1) is 5.92 Å². The maximum absolute atomic E-state index is 13.0. The van der Waals surface area contributed by atoms with Crippen LogP contribution in [0.5, 0.6) is 0 Å². The van der Waals surface area contributed by atoms with Gasteiger partial charge < -0.3 is 10.0 Å². The fourth-order valence-corrected chi connectivity index (χ4v) is 3.07. The number of hydrogen-bond donors (Lipinski definition) is 1. The smallest absolute Gasteiger partial charge is 0.308 e. The average Bonchev–Trinajstić information content (AvgIpc) is 3.03. The number of hydrogen-bond acceptors (Lipinski definition) is 3. The van der Waals surface area contributed by atoms with E-state index in [2.05, 4.69) is 4.90 Å². The van der Waals surface area contributed by atoms with Crippen LogP contribution < -0.4 is 0 Å². The molecule has 1 aromatic carbocycles. The summed E-state index contributed by atoms with van der Waals surface area (Å²) in [5.74, 6) is -1.23. The number of rotatable bonds is 6. The zero-order valence-electron chi connectivity index (χ0n) is 13.2. The van der Waals surface area contributed by atoms with E-state index in [0.717, 1.165) is 18.7 Å². The average molecular weight is 304 g/mol. The van der Waals surface area contributed by atoms with Crippen LogP contribution in [0.2, 0.25) is 0 Å². The summed E-state index contributed by atoms with van der Waals surface area (Å²) in [5.41, 5.74) is 0.968. The van der Waals surface area contributed by atoms with Gasteiger partial charge in [-0.1, -0.05) is 44.2 Å². The van der Waals surface area contributed by atoms with E-state index < -0.39 is 11.9 Å². The van der Waals surface area contributed by atoms with E-state index >= 15 is 0 Å². The molecule has 1 amide bonds. The molecule has 1 fully saturated rings. The fraction of sp³-hybridized carbons (Fsp3) is 0.529. The lowest BCUT2D eigenvalue weighted by atomic mass is 10.0. The first kappa shape index (κ1) is 16.5. The Labute approximate surface area is 131 Å². The number of amides is 1. The molecule has 0 bridgehead atoms. The van der Waals surface area contributed by atoms with E-state index in [4.69, 9.17) is 5.11 Å². The number of likely N-dealkylation sites (tertiary alicyclic amines) is 1. The molecule has 1 aromatic rings. The van der Waals surface area contributed by atoms with Crippen LogP contribution in [0.4, 0.5) is 0 Å². The van der Waals surface area contributed by atoms with Gasteiger partial charge >= 0.3 is 5.97 Å². The zero-order chi connectivity index (χ0) is 16.1. The summed E-state index contributed by atoms with van der Waals surface area (Å²) in [4.78, 5) is 27.9. The Morgan fingerprint density at radius 3 is 2.41 bits per heavy atom. The Hall–Kier alpha value is -1.88. The zero-order valence-corrected chi connectivity index (χ0v) is 13.2. The van der Waals surface area contributed by atoms with Gasteiger partial charge in [0.05, 0.1) is 5.92 Å². The summed E-state index contributed by atoms with van der Waals surface area (Å²) >= 11 is 0. The minimum atomic E-state index is -0.811. The summed E-state index contributed by atoms with van der Waals surface area (Å²) in [6.07, 6.45) is 0.542. The molecular formula is C17H24N2O3. The topological polar surface area (TPSA) is 60.9 Å². The lowest BCUT2D eigenvalue weighted by Crippen LogP contribution is -2.42. The van der Waals surface area contributed by atoms with Crippen molar-refractivity contribution in [2.24, 2.45) is 5.92 Å². The van der Waals surface area contributed by atoms with Gasteiger partial charge in [0.25, 0.3) is 0 Å². The highest BCUT2D eigenvalue weighted by atomic mass is 16.4. The van der Waals surface area contributed by atoms with E-state index in [1.165, 1.54) is 0 Å². The maximum atomic E-state index is 13.0. The molecule has 120 valence electrons. The first-order valence-corrected chi connectivity index (χ1v) is 7.89. The molecule has 5 nitrogen and oxygen atoms in total. The van der Waals surface area contributed by atoms with E-state index in [1.54, 1.807) is 4.90 Å². The van der Waals surface area contributed by atoms with Gasteiger partial charge in [-0.3, -0.25) is 14.5 Å². The number of nitrogens with zero attached hydrogens (tertiary/aromatic N) is 2. The van der Waals surface area contributed by atoms with Gasteiger partial charge in [0, 0.05) is 13.1 Å². The number of carbonyl (C=O) groups excluding carboxylic acids is 1. The van der Waals surface area contributed by atoms with Gasteiger partial charge in [0.15, 0.2) is 0 Å². The quantitative estimate of drug-likeness (QED) is 0.873. The molecule has 0 saturated carbocycles. The van der Waals surface area contributed by atoms with Crippen LogP contribution >= 0.6 is 0 Å². The number of benzene rings is 1. The van der Waals surface area contributed by atoms with Gasteiger partial charge in [-0.2, -0.15) is 0 Å². The van der Waals surface area contributed by atoms with Crippen molar-refractivity contribution < 1.29 is 14.7 Å². The van der Waals surface area contributed by atoms with Gasteiger partial charge in [-0.05, 0) is 25.1 Å². The Bertz CT molecular complexity index is 514. The molecule has 0 unspecified atom stereocenters. The molecule has 1 aliphatic rings. The van der Waals surface area contributed by atoms with Crippen molar-refractivity contribution in [3.05, 3.63) is 35.9 Å². The Kier molecular flexibility index (Phi) is 5.55. The molecule has 1 saturated heterocycles. The highest BCUT2D eigenvalue weighted by Crippen LogP contribution is 2.26. The fourth-order valence-electron chi connectivity index (χ4n) is 3.07. The molecule has 1 N–H and O–H groups in total. The van der Waals surface area contributed by atoms with Crippen LogP contribution in [0.3, 0.4) is 0 Å². The van der Waals surface area contributed by atoms with Crippen molar-refractivity contribution in [3.63, 3.8) is 0 Å². The molecule has 0 spiro atoms. The van der Waals surface area contributed by atoms with E-state index in [-0.39, 0.29) is 11.9 Å². The maximum Gasteiger partial charge on any atom is 0.308 e. The Balaban J connectivity index is 2.22. The van der Waals surface area contributed by atoms with E-state index in [9.17, 15) is 9.59 Å². The van der Waals surface area contributed by atoms with Crippen LogP contribution in [0.1, 0.15) is 31.9 Å². The molecule has 5 heteroatoms. The normalized spacial score (nSPS) is 19.4. The highest BCUT2D eigenvalue weighted by molar-refractivity contribution is 5.84. The molecule has 22 heavy (non-hydrogen) atoms. The summed E-state index contributed by atoms with van der Waals surface area (Å²) < 4.78 is 0. The van der Waals surface area contributed by atoms with E-state index in [0.29, 0.717) is 19.5 Å². The number of carboxylic acids is 1.